The maximum Gasteiger partial charge on any atom is 0.269 e. The Morgan fingerprint density at radius 1 is 0.837 bits per heavy atom. The van der Waals surface area contributed by atoms with Crippen LogP contribution in [0.4, 0.5) is 11.4 Å². The van der Waals surface area contributed by atoms with Gasteiger partial charge in [-0.1, -0.05) is 54.6 Å². The fourth-order valence-electron chi connectivity index (χ4n) is 5.82. The minimum atomic E-state index is -0.350. The number of fused-ring (bicyclic) bond motifs is 1. The van der Waals surface area contributed by atoms with E-state index in [0.717, 1.165) is 65.8 Å². The number of carbonyl (C=O) groups is 1. The average Bonchev–Trinajstić information content (AvgIpc) is 3.05. The zero-order valence-corrected chi connectivity index (χ0v) is 24.0. The maximum atomic E-state index is 13.0. The van der Waals surface area contributed by atoms with Crippen LogP contribution in [0.25, 0.3) is 21.9 Å². The van der Waals surface area contributed by atoms with Crippen molar-refractivity contribution in [2.45, 2.75) is 25.3 Å². The van der Waals surface area contributed by atoms with Gasteiger partial charge >= 0.3 is 0 Å². The maximum absolute atomic E-state index is 13.0. The molecule has 0 bridgehead atoms. The Kier molecular flexibility index (Phi) is 8.16. The molecule has 5 aromatic carbocycles. The van der Waals surface area contributed by atoms with Crippen molar-refractivity contribution in [3.05, 3.63) is 136 Å². The number of rotatable bonds is 8. The van der Waals surface area contributed by atoms with Crippen LogP contribution < -0.4 is 10.1 Å². The minimum Gasteiger partial charge on any atom is -0.497 e. The lowest BCUT2D eigenvalue weighted by Crippen LogP contribution is -2.32. The molecule has 0 unspecified atom stereocenters. The molecule has 43 heavy (non-hydrogen) atoms. The number of nitrogens with zero attached hydrogens (tertiary/aromatic N) is 2. The Morgan fingerprint density at radius 2 is 1.47 bits per heavy atom. The van der Waals surface area contributed by atoms with Crippen molar-refractivity contribution < 1.29 is 14.5 Å². The molecule has 0 atom stereocenters. The summed E-state index contributed by atoms with van der Waals surface area (Å²) in [5, 5.41) is 16.2. The first-order chi connectivity index (χ1) is 20.9. The SMILES string of the molecule is COc1ccc(-c2ccc(C(=O)Nc3ccc4cc(CN5CCC(c6ccc([N+](=O)[O-])cc6)CC5)ccc4c3)cc2)cc1. The monoisotopic (exact) mass is 571 g/mol. The number of ether oxygens (including phenoxy) is 1. The zero-order chi connectivity index (χ0) is 29.8. The van der Waals surface area contributed by atoms with Gasteiger partial charge in [0, 0.05) is 29.9 Å². The van der Waals surface area contributed by atoms with Crippen LogP contribution in [0.2, 0.25) is 0 Å². The zero-order valence-electron chi connectivity index (χ0n) is 24.0. The van der Waals surface area contributed by atoms with Gasteiger partial charge in [-0.25, -0.2) is 0 Å². The number of benzene rings is 5. The molecule has 1 aliphatic rings. The van der Waals surface area contributed by atoms with Gasteiger partial charge in [0.15, 0.2) is 0 Å². The summed E-state index contributed by atoms with van der Waals surface area (Å²) in [4.78, 5) is 26.0. The lowest BCUT2D eigenvalue weighted by molar-refractivity contribution is -0.384. The number of non-ortho nitro benzene ring substituents is 1. The van der Waals surface area contributed by atoms with Gasteiger partial charge in [-0.2, -0.15) is 0 Å². The van der Waals surface area contributed by atoms with Crippen LogP contribution in [0, 0.1) is 10.1 Å². The lowest BCUT2D eigenvalue weighted by atomic mass is 9.89. The Labute approximate surface area is 250 Å². The molecule has 1 fully saturated rings. The summed E-state index contributed by atoms with van der Waals surface area (Å²) < 4.78 is 5.23. The number of piperidine rings is 1. The van der Waals surface area contributed by atoms with E-state index in [1.54, 1.807) is 19.2 Å². The van der Waals surface area contributed by atoms with E-state index in [9.17, 15) is 14.9 Å². The van der Waals surface area contributed by atoms with Crippen molar-refractivity contribution in [1.29, 1.82) is 0 Å². The molecule has 216 valence electrons. The Morgan fingerprint density at radius 3 is 2.12 bits per heavy atom. The smallest absolute Gasteiger partial charge is 0.269 e. The van der Waals surface area contributed by atoms with Gasteiger partial charge in [-0.3, -0.25) is 19.8 Å². The number of carbonyl (C=O) groups excluding carboxylic acids is 1. The Balaban J connectivity index is 1.04. The molecule has 0 spiro atoms. The van der Waals surface area contributed by atoms with Gasteiger partial charge in [-0.05, 0) is 107 Å². The van der Waals surface area contributed by atoms with E-state index in [4.69, 9.17) is 4.74 Å². The fourth-order valence-corrected chi connectivity index (χ4v) is 5.82. The molecule has 5 aromatic rings. The van der Waals surface area contributed by atoms with Crippen molar-refractivity contribution in [3.63, 3.8) is 0 Å². The van der Waals surface area contributed by atoms with Crippen molar-refractivity contribution in [2.24, 2.45) is 0 Å². The standard InChI is InChI=1S/C36H33N3O4/c1-43-35-16-11-28(12-17-35)26-4-6-30(7-5-26)36(40)37-33-13-8-31-22-25(2-3-32(31)23-33)24-38-20-18-29(19-21-38)27-9-14-34(15-10-27)39(41)42/h2-17,22-23,29H,18-21,24H2,1H3,(H,37,40). The molecule has 1 heterocycles. The predicted molar refractivity (Wildman–Crippen MR) is 171 cm³/mol. The third-order valence-corrected chi connectivity index (χ3v) is 8.30. The van der Waals surface area contributed by atoms with E-state index in [1.807, 2.05) is 72.8 Å². The van der Waals surface area contributed by atoms with Gasteiger partial charge in [0.2, 0.25) is 0 Å². The summed E-state index contributed by atoms with van der Waals surface area (Å²) in [5.41, 5.74) is 6.05. The van der Waals surface area contributed by atoms with Crippen LogP contribution in [0.5, 0.6) is 5.75 Å². The van der Waals surface area contributed by atoms with Crippen LogP contribution in [-0.4, -0.2) is 35.9 Å². The van der Waals surface area contributed by atoms with Crippen molar-refractivity contribution in [3.8, 4) is 16.9 Å². The Bertz CT molecular complexity index is 1740. The van der Waals surface area contributed by atoms with E-state index in [2.05, 4.69) is 34.5 Å². The first-order valence-electron chi connectivity index (χ1n) is 14.5. The second-order valence-corrected chi connectivity index (χ2v) is 11.1. The average molecular weight is 572 g/mol. The van der Waals surface area contributed by atoms with E-state index in [-0.39, 0.29) is 16.5 Å². The van der Waals surface area contributed by atoms with Gasteiger partial charge in [0.05, 0.1) is 12.0 Å². The summed E-state index contributed by atoms with van der Waals surface area (Å²) in [6, 6.07) is 35.0. The largest absolute Gasteiger partial charge is 0.497 e. The number of nitro benzene ring substituents is 1. The number of likely N-dealkylation sites (tertiary alicyclic amines) is 1. The van der Waals surface area contributed by atoms with E-state index >= 15 is 0 Å². The molecule has 1 amide bonds. The van der Waals surface area contributed by atoms with Gasteiger partial charge < -0.3 is 10.1 Å². The second kappa shape index (κ2) is 12.5. The molecule has 0 radical (unpaired) electrons. The quantitative estimate of drug-likeness (QED) is 0.150. The predicted octanol–water partition coefficient (Wildman–Crippen LogP) is 8.06. The summed E-state index contributed by atoms with van der Waals surface area (Å²) in [7, 11) is 1.65. The molecular formula is C36H33N3O4. The van der Waals surface area contributed by atoms with E-state index in [1.165, 1.54) is 11.1 Å². The van der Waals surface area contributed by atoms with Crippen LogP contribution >= 0.6 is 0 Å². The molecule has 1 saturated heterocycles. The molecule has 0 aromatic heterocycles. The molecule has 1 aliphatic heterocycles. The normalized spacial score (nSPS) is 14.0. The molecular weight excluding hydrogens is 538 g/mol. The lowest BCUT2D eigenvalue weighted by Gasteiger charge is -2.32. The van der Waals surface area contributed by atoms with Crippen LogP contribution in [0.3, 0.4) is 0 Å². The first kappa shape index (κ1) is 28.1. The first-order valence-corrected chi connectivity index (χ1v) is 14.5. The summed E-state index contributed by atoms with van der Waals surface area (Å²) in [6.07, 6.45) is 2.08. The molecule has 0 saturated carbocycles. The van der Waals surface area contributed by atoms with Crippen LogP contribution in [-0.2, 0) is 6.54 Å². The van der Waals surface area contributed by atoms with E-state index < -0.39 is 0 Å². The third kappa shape index (κ3) is 6.58. The molecule has 7 nitrogen and oxygen atoms in total. The number of methoxy groups -OCH3 is 1. The molecule has 1 N–H and O–H groups in total. The molecule has 7 heteroatoms. The number of nitro groups is 1. The van der Waals surface area contributed by atoms with E-state index in [0.29, 0.717) is 11.5 Å². The summed E-state index contributed by atoms with van der Waals surface area (Å²) in [5.74, 6) is 1.10. The molecule has 0 aliphatic carbocycles. The van der Waals surface area contributed by atoms with Crippen molar-refractivity contribution in [2.75, 3.05) is 25.5 Å². The van der Waals surface area contributed by atoms with Crippen LogP contribution in [0.1, 0.15) is 40.2 Å². The van der Waals surface area contributed by atoms with Gasteiger partial charge in [-0.15, -0.1) is 0 Å². The number of amides is 1. The summed E-state index contributed by atoms with van der Waals surface area (Å²) in [6.45, 7) is 2.87. The Hall–Kier alpha value is -5.01. The van der Waals surface area contributed by atoms with Crippen molar-refractivity contribution in [1.82, 2.24) is 4.90 Å². The number of nitrogens with one attached hydrogen (secondary N) is 1. The molecule has 6 rings (SSSR count). The van der Waals surface area contributed by atoms with Crippen LogP contribution in [0.15, 0.2) is 109 Å². The number of anilines is 1. The number of hydrogen-bond acceptors (Lipinski definition) is 5. The van der Waals surface area contributed by atoms with Gasteiger partial charge in [0.25, 0.3) is 11.6 Å². The highest BCUT2D eigenvalue weighted by atomic mass is 16.6. The minimum absolute atomic E-state index is 0.142. The highest BCUT2D eigenvalue weighted by molar-refractivity contribution is 6.05. The topological polar surface area (TPSA) is 84.7 Å². The fraction of sp³-hybridized carbons (Fsp3) is 0.194. The summed E-state index contributed by atoms with van der Waals surface area (Å²) >= 11 is 0. The van der Waals surface area contributed by atoms with Gasteiger partial charge in [0.1, 0.15) is 5.75 Å². The second-order valence-electron chi connectivity index (χ2n) is 11.1. The highest BCUT2D eigenvalue weighted by Gasteiger charge is 2.21. The highest BCUT2D eigenvalue weighted by Crippen LogP contribution is 2.30. The van der Waals surface area contributed by atoms with Crippen molar-refractivity contribution >= 4 is 28.1 Å². The number of hydrogen-bond donors (Lipinski definition) is 1. The third-order valence-electron chi connectivity index (χ3n) is 8.30.